The lowest BCUT2D eigenvalue weighted by molar-refractivity contribution is -0.384. The summed E-state index contributed by atoms with van der Waals surface area (Å²) in [7, 11) is 3.88. The molecule has 5 rings (SSSR count). The van der Waals surface area contributed by atoms with Crippen LogP contribution in [-0.4, -0.2) is 36.9 Å². The molecule has 2 saturated heterocycles. The highest BCUT2D eigenvalue weighted by Crippen LogP contribution is 2.47. The molecule has 0 aliphatic carbocycles. The molecule has 3 atom stereocenters. The second-order valence-corrected chi connectivity index (χ2v) is 8.43. The number of amides is 2. The van der Waals surface area contributed by atoms with Crippen molar-refractivity contribution in [3.8, 4) is 0 Å². The van der Waals surface area contributed by atoms with Crippen LogP contribution in [0.3, 0.4) is 0 Å². The molecule has 2 aliphatic heterocycles. The maximum atomic E-state index is 13.6. The molecule has 3 aromatic rings. The molecule has 9 nitrogen and oxygen atoms in total. The van der Waals surface area contributed by atoms with Crippen molar-refractivity contribution in [2.45, 2.75) is 12.1 Å². The van der Waals surface area contributed by atoms with Gasteiger partial charge in [-0.15, -0.1) is 0 Å². The normalized spacial score (nSPS) is 21.6. The number of benzene rings is 3. The lowest BCUT2D eigenvalue weighted by atomic mass is 9.90. The molecule has 0 saturated carbocycles. The summed E-state index contributed by atoms with van der Waals surface area (Å²) in [4.78, 5) is 46.7. The number of para-hydroxylation sites is 1. The molecular formula is C25H22N4O5. The molecule has 2 amide bonds. The molecule has 2 aliphatic rings. The summed E-state index contributed by atoms with van der Waals surface area (Å²) in [6.07, 6.45) is -1.04. The Bertz CT molecular complexity index is 1260. The van der Waals surface area contributed by atoms with E-state index < -0.39 is 34.8 Å². The Balaban J connectivity index is 1.56. The summed E-state index contributed by atoms with van der Waals surface area (Å²) in [6, 6.07) is 22.0. The predicted molar refractivity (Wildman–Crippen MR) is 126 cm³/mol. The van der Waals surface area contributed by atoms with E-state index in [1.165, 1.54) is 24.3 Å². The van der Waals surface area contributed by atoms with Gasteiger partial charge in [0, 0.05) is 31.9 Å². The van der Waals surface area contributed by atoms with E-state index in [-0.39, 0.29) is 11.4 Å². The first kappa shape index (κ1) is 21.6. The monoisotopic (exact) mass is 458 g/mol. The van der Waals surface area contributed by atoms with Crippen molar-refractivity contribution < 1.29 is 19.3 Å². The Kier molecular flexibility index (Phi) is 5.25. The number of carbonyl (C=O) groups excluding carboxylic acids is 2. The molecule has 0 aromatic heterocycles. The minimum absolute atomic E-state index is 0.162. The summed E-state index contributed by atoms with van der Waals surface area (Å²) in [5.74, 6) is -1.79. The van der Waals surface area contributed by atoms with Crippen LogP contribution in [-0.2, 0) is 14.4 Å². The number of nitro benzene ring substituents is 1. The molecular weight excluding hydrogens is 436 g/mol. The van der Waals surface area contributed by atoms with Gasteiger partial charge in [-0.05, 0) is 35.9 Å². The standard InChI is InChI=1S/C25H22N4O5/c1-26(2)17-13-11-16(12-14-17)22-21-23(34-28(22)18-7-4-3-5-8-18)25(31)27(24(21)30)19-9-6-10-20(15-19)29(32)33/h3-15,21-23H,1-2H3/t21-,22-,23-/m1/s1. The van der Waals surface area contributed by atoms with Crippen molar-refractivity contribution in [3.05, 3.63) is 94.5 Å². The molecule has 34 heavy (non-hydrogen) atoms. The zero-order valence-corrected chi connectivity index (χ0v) is 18.6. The van der Waals surface area contributed by atoms with Crippen LogP contribution < -0.4 is 14.9 Å². The highest BCUT2D eigenvalue weighted by molar-refractivity contribution is 6.24. The van der Waals surface area contributed by atoms with Crippen molar-refractivity contribution in [3.63, 3.8) is 0 Å². The summed E-state index contributed by atoms with van der Waals surface area (Å²) < 4.78 is 0. The second kappa shape index (κ2) is 8.27. The fraction of sp³-hybridized carbons (Fsp3) is 0.200. The third kappa shape index (κ3) is 3.46. The van der Waals surface area contributed by atoms with Crippen molar-refractivity contribution in [2.24, 2.45) is 5.92 Å². The van der Waals surface area contributed by atoms with Crippen LogP contribution in [0, 0.1) is 16.0 Å². The van der Waals surface area contributed by atoms with Gasteiger partial charge in [-0.1, -0.05) is 36.4 Å². The summed E-state index contributed by atoms with van der Waals surface area (Å²) in [5.41, 5.74) is 2.51. The van der Waals surface area contributed by atoms with E-state index in [4.69, 9.17) is 4.84 Å². The lowest BCUT2D eigenvalue weighted by Crippen LogP contribution is -2.37. The number of fused-ring (bicyclic) bond motifs is 1. The molecule has 172 valence electrons. The van der Waals surface area contributed by atoms with Gasteiger partial charge >= 0.3 is 0 Å². The van der Waals surface area contributed by atoms with Crippen LogP contribution in [0.1, 0.15) is 11.6 Å². The van der Waals surface area contributed by atoms with Gasteiger partial charge in [0.15, 0.2) is 6.10 Å². The minimum atomic E-state index is -1.04. The Labute approximate surface area is 195 Å². The summed E-state index contributed by atoms with van der Waals surface area (Å²) in [6.45, 7) is 0. The fourth-order valence-electron chi connectivity index (χ4n) is 4.52. The van der Waals surface area contributed by atoms with Gasteiger partial charge < -0.3 is 4.90 Å². The number of non-ortho nitro benzene ring substituents is 1. The van der Waals surface area contributed by atoms with Crippen molar-refractivity contribution in [2.75, 3.05) is 29.0 Å². The van der Waals surface area contributed by atoms with E-state index in [1.807, 2.05) is 73.6 Å². The molecule has 2 heterocycles. The van der Waals surface area contributed by atoms with Gasteiger partial charge in [-0.3, -0.25) is 24.5 Å². The third-order valence-corrected chi connectivity index (χ3v) is 6.18. The molecule has 3 aromatic carbocycles. The number of nitrogens with zero attached hydrogens (tertiary/aromatic N) is 4. The van der Waals surface area contributed by atoms with Crippen LogP contribution >= 0.6 is 0 Å². The first-order chi connectivity index (χ1) is 16.4. The molecule has 9 heteroatoms. The smallest absolute Gasteiger partial charge is 0.271 e. The van der Waals surface area contributed by atoms with Gasteiger partial charge in [-0.25, -0.2) is 9.96 Å². The van der Waals surface area contributed by atoms with Crippen molar-refractivity contribution >= 4 is 34.6 Å². The van der Waals surface area contributed by atoms with Crippen LogP contribution in [0.15, 0.2) is 78.9 Å². The molecule has 0 unspecified atom stereocenters. The number of nitro groups is 1. The zero-order valence-electron chi connectivity index (χ0n) is 18.6. The Morgan fingerprint density at radius 1 is 0.882 bits per heavy atom. The van der Waals surface area contributed by atoms with Gasteiger partial charge in [-0.2, -0.15) is 0 Å². The highest BCUT2D eigenvalue weighted by Gasteiger charge is 2.60. The molecule has 2 fully saturated rings. The number of rotatable bonds is 5. The Hall–Kier alpha value is -4.24. The topological polar surface area (TPSA) is 96.2 Å². The van der Waals surface area contributed by atoms with Crippen LogP contribution in [0.2, 0.25) is 0 Å². The number of anilines is 3. The lowest BCUT2D eigenvalue weighted by Gasteiger charge is -2.29. The average Bonchev–Trinajstić information content (AvgIpc) is 3.35. The zero-order chi connectivity index (χ0) is 24.0. The van der Waals surface area contributed by atoms with Gasteiger partial charge in [0.1, 0.15) is 5.92 Å². The van der Waals surface area contributed by atoms with Crippen LogP contribution in [0.5, 0.6) is 0 Å². The predicted octanol–water partition coefficient (Wildman–Crippen LogP) is 3.71. The summed E-state index contributed by atoms with van der Waals surface area (Å²) in [5, 5.41) is 12.8. The van der Waals surface area contributed by atoms with E-state index in [1.54, 1.807) is 5.06 Å². The quantitative estimate of drug-likeness (QED) is 0.327. The molecule has 0 N–H and O–H groups in total. The van der Waals surface area contributed by atoms with Crippen molar-refractivity contribution in [1.82, 2.24) is 0 Å². The van der Waals surface area contributed by atoms with Crippen LogP contribution in [0.4, 0.5) is 22.7 Å². The highest BCUT2D eigenvalue weighted by atomic mass is 16.7. The second-order valence-electron chi connectivity index (χ2n) is 8.43. The number of imide groups is 1. The SMILES string of the molecule is CN(C)c1ccc([C@@H]2[C@H]3C(=O)N(c4cccc([N+](=O)[O-])c4)C(=O)[C@@H]3ON2c2ccccc2)cc1. The first-order valence-corrected chi connectivity index (χ1v) is 10.8. The maximum Gasteiger partial charge on any atom is 0.271 e. The number of hydroxylamine groups is 1. The molecule has 0 spiro atoms. The Morgan fingerprint density at radius 2 is 1.56 bits per heavy atom. The number of hydrogen-bond donors (Lipinski definition) is 0. The third-order valence-electron chi connectivity index (χ3n) is 6.18. The maximum absolute atomic E-state index is 13.6. The van der Waals surface area contributed by atoms with E-state index in [0.29, 0.717) is 0 Å². The van der Waals surface area contributed by atoms with E-state index in [0.717, 1.165) is 21.8 Å². The fourth-order valence-corrected chi connectivity index (χ4v) is 4.52. The van der Waals surface area contributed by atoms with E-state index in [2.05, 4.69) is 0 Å². The number of hydrogen-bond acceptors (Lipinski definition) is 7. The van der Waals surface area contributed by atoms with Gasteiger partial charge in [0.05, 0.1) is 22.3 Å². The molecule has 0 radical (unpaired) electrons. The minimum Gasteiger partial charge on any atom is -0.378 e. The van der Waals surface area contributed by atoms with E-state index in [9.17, 15) is 19.7 Å². The van der Waals surface area contributed by atoms with E-state index >= 15 is 0 Å². The average molecular weight is 458 g/mol. The number of carbonyl (C=O) groups is 2. The molecule has 0 bridgehead atoms. The van der Waals surface area contributed by atoms with Crippen LogP contribution in [0.25, 0.3) is 0 Å². The van der Waals surface area contributed by atoms with Crippen molar-refractivity contribution in [1.29, 1.82) is 0 Å². The summed E-state index contributed by atoms with van der Waals surface area (Å²) >= 11 is 0. The largest absolute Gasteiger partial charge is 0.378 e. The van der Waals surface area contributed by atoms with Gasteiger partial charge in [0.25, 0.3) is 11.6 Å². The first-order valence-electron chi connectivity index (χ1n) is 10.8. The Morgan fingerprint density at radius 3 is 2.21 bits per heavy atom. The van der Waals surface area contributed by atoms with Gasteiger partial charge in [0.2, 0.25) is 5.91 Å².